The van der Waals surface area contributed by atoms with Gasteiger partial charge in [0.1, 0.15) is 5.82 Å². The first-order chi connectivity index (χ1) is 6.80. The van der Waals surface area contributed by atoms with Gasteiger partial charge in [0.2, 0.25) is 5.91 Å². The maximum atomic E-state index is 11.7. The van der Waals surface area contributed by atoms with E-state index in [0.29, 0.717) is 5.82 Å². The van der Waals surface area contributed by atoms with Crippen LogP contribution in [0.15, 0.2) is 12.3 Å². The molecule has 1 aromatic heterocycles. The first-order valence-corrected chi connectivity index (χ1v) is 5.05. The molecule has 1 aromatic rings. The number of anilines is 1. The van der Waals surface area contributed by atoms with Gasteiger partial charge in [0.05, 0.1) is 0 Å². The van der Waals surface area contributed by atoms with E-state index >= 15 is 0 Å². The van der Waals surface area contributed by atoms with E-state index in [1.807, 2.05) is 40.7 Å². The van der Waals surface area contributed by atoms with Crippen molar-refractivity contribution in [2.24, 2.45) is 5.41 Å². The molecule has 1 rings (SSSR count). The minimum atomic E-state index is -0.390. The van der Waals surface area contributed by atoms with Crippen LogP contribution in [-0.4, -0.2) is 10.9 Å². The van der Waals surface area contributed by atoms with E-state index in [4.69, 9.17) is 0 Å². The van der Waals surface area contributed by atoms with E-state index < -0.39 is 0 Å². The van der Waals surface area contributed by atoms with Gasteiger partial charge in [-0.2, -0.15) is 0 Å². The summed E-state index contributed by atoms with van der Waals surface area (Å²) >= 11 is 0. The van der Waals surface area contributed by atoms with Gasteiger partial charge in [0, 0.05) is 11.6 Å². The lowest BCUT2D eigenvalue weighted by Gasteiger charge is -2.18. The highest BCUT2D eigenvalue weighted by molar-refractivity contribution is 5.94. The van der Waals surface area contributed by atoms with Crippen LogP contribution in [0.4, 0.5) is 5.82 Å². The topological polar surface area (TPSA) is 42.0 Å². The third-order valence-electron chi connectivity index (χ3n) is 2.13. The molecule has 0 atom stereocenters. The van der Waals surface area contributed by atoms with Crippen LogP contribution < -0.4 is 5.32 Å². The highest BCUT2D eigenvalue weighted by Crippen LogP contribution is 2.18. The number of carbonyl (C=O) groups excluding carboxylic acids is 1. The Morgan fingerprint density at radius 3 is 2.40 bits per heavy atom. The van der Waals surface area contributed by atoms with Crippen LogP contribution in [0.3, 0.4) is 0 Å². The molecule has 0 fully saturated rings. The van der Waals surface area contributed by atoms with Crippen molar-refractivity contribution < 1.29 is 4.79 Å². The molecule has 15 heavy (non-hydrogen) atoms. The largest absolute Gasteiger partial charge is 0.310 e. The summed E-state index contributed by atoms with van der Waals surface area (Å²) in [7, 11) is 0. The number of amides is 1. The first kappa shape index (κ1) is 11.7. The molecule has 82 valence electrons. The molecular weight excluding hydrogens is 188 g/mol. The fraction of sp³-hybridized carbons (Fsp3) is 0.500. The zero-order valence-electron chi connectivity index (χ0n) is 10.0. The third kappa shape index (κ3) is 3.05. The van der Waals surface area contributed by atoms with E-state index in [1.165, 1.54) is 0 Å². The molecule has 1 heterocycles. The number of rotatable bonds is 1. The quantitative estimate of drug-likeness (QED) is 0.767. The van der Waals surface area contributed by atoms with Gasteiger partial charge in [-0.05, 0) is 25.0 Å². The van der Waals surface area contributed by atoms with Gasteiger partial charge in [-0.25, -0.2) is 4.98 Å². The fourth-order valence-corrected chi connectivity index (χ4v) is 1.14. The number of aryl methyl sites for hydroxylation is 2. The predicted octanol–water partition coefficient (Wildman–Crippen LogP) is 2.68. The maximum Gasteiger partial charge on any atom is 0.230 e. The van der Waals surface area contributed by atoms with Gasteiger partial charge in [-0.15, -0.1) is 0 Å². The lowest BCUT2D eigenvalue weighted by atomic mass is 9.95. The summed E-state index contributed by atoms with van der Waals surface area (Å²) in [5.74, 6) is 0.641. The molecule has 0 aliphatic heterocycles. The minimum absolute atomic E-state index is 0.0121. The molecule has 0 saturated carbocycles. The molecule has 1 N–H and O–H groups in total. The standard InChI is InChI=1S/C12H18N2O/c1-8-6-9(2)10(13-7-8)14-11(15)12(3,4)5/h6-7H,1-5H3,(H,13,14,15). The Morgan fingerprint density at radius 2 is 1.93 bits per heavy atom. The molecular formula is C12H18N2O. The average Bonchev–Trinajstić information content (AvgIpc) is 2.08. The van der Waals surface area contributed by atoms with Crippen molar-refractivity contribution in [1.82, 2.24) is 4.98 Å². The molecule has 0 bridgehead atoms. The normalized spacial score (nSPS) is 11.3. The fourth-order valence-electron chi connectivity index (χ4n) is 1.14. The van der Waals surface area contributed by atoms with Crippen LogP contribution in [0.5, 0.6) is 0 Å². The van der Waals surface area contributed by atoms with Gasteiger partial charge in [0.15, 0.2) is 0 Å². The number of aromatic nitrogens is 1. The zero-order chi connectivity index (χ0) is 11.6. The SMILES string of the molecule is Cc1cnc(NC(=O)C(C)(C)C)c(C)c1. The Balaban J connectivity index is 2.87. The molecule has 0 aromatic carbocycles. The van der Waals surface area contributed by atoms with Gasteiger partial charge in [-0.3, -0.25) is 4.79 Å². The van der Waals surface area contributed by atoms with Crippen LogP contribution in [0.2, 0.25) is 0 Å². The van der Waals surface area contributed by atoms with E-state index in [-0.39, 0.29) is 11.3 Å². The van der Waals surface area contributed by atoms with Crippen LogP contribution >= 0.6 is 0 Å². The molecule has 0 aliphatic rings. The molecule has 0 aliphatic carbocycles. The molecule has 0 spiro atoms. The van der Waals surface area contributed by atoms with Crippen LogP contribution in [0, 0.1) is 19.3 Å². The number of hydrogen-bond donors (Lipinski definition) is 1. The van der Waals surface area contributed by atoms with Crippen molar-refractivity contribution in [2.75, 3.05) is 5.32 Å². The highest BCUT2D eigenvalue weighted by Gasteiger charge is 2.21. The summed E-state index contributed by atoms with van der Waals surface area (Å²) in [6.07, 6.45) is 1.76. The van der Waals surface area contributed by atoms with Crippen molar-refractivity contribution in [1.29, 1.82) is 0 Å². The summed E-state index contributed by atoms with van der Waals surface area (Å²) in [6, 6.07) is 2.01. The van der Waals surface area contributed by atoms with Crippen molar-refractivity contribution >= 4 is 11.7 Å². The zero-order valence-corrected chi connectivity index (χ0v) is 10.0. The summed E-state index contributed by atoms with van der Waals surface area (Å²) in [4.78, 5) is 15.9. The number of nitrogens with zero attached hydrogens (tertiary/aromatic N) is 1. The monoisotopic (exact) mass is 206 g/mol. The second kappa shape index (κ2) is 4.01. The number of carbonyl (C=O) groups is 1. The molecule has 0 unspecified atom stereocenters. The molecule has 0 radical (unpaired) electrons. The molecule has 3 nitrogen and oxygen atoms in total. The Labute approximate surface area is 90.9 Å². The van der Waals surface area contributed by atoms with Crippen molar-refractivity contribution in [3.8, 4) is 0 Å². The van der Waals surface area contributed by atoms with Crippen molar-refractivity contribution in [3.63, 3.8) is 0 Å². The minimum Gasteiger partial charge on any atom is -0.310 e. The smallest absolute Gasteiger partial charge is 0.230 e. The van der Waals surface area contributed by atoms with Crippen LogP contribution in [0.1, 0.15) is 31.9 Å². The Kier molecular flexibility index (Phi) is 3.12. The van der Waals surface area contributed by atoms with Crippen molar-refractivity contribution in [3.05, 3.63) is 23.4 Å². The highest BCUT2D eigenvalue weighted by atomic mass is 16.2. The lowest BCUT2D eigenvalue weighted by molar-refractivity contribution is -0.123. The maximum absolute atomic E-state index is 11.7. The van der Waals surface area contributed by atoms with Gasteiger partial charge >= 0.3 is 0 Å². The summed E-state index contributed by atoms with van der Waals surface area (Å²) < 4.78 is 0. The van der Waals surface area contributed by atoms with Crippen LogP contribution in [-0.2, 0) is 4.79 Å². The second-order valence-electron chi connectivity index (χ2n) is 4.88. The van der Waals surface area contributed by atoms with E-state index in [9.17, 15) is 4.79 Å². The predicted molar refractivity (Wildman–Crippen MR) is 61.8 cm³/mol. The first-order valence-electron chi connectivity index (χ1n) is 5.05. The van der Waals surface area contributed by atoms with E-state index in [1.54, 1.807) is 6.20 Å². The van der Waals surface area contributed by atoms with E-state index in [0.717, 1.165) is 11.1 Å². The van der Waals surface area contributed by atoms with Crippen molar-refractivity contribution in [2.45, 2.75) is 34.6 Å². The summed E-state index contributed by atoms with van der Waals surface area (Å²) in [6.45, 7) is 9.57. The number of hydrogen-bond acceptors (Lipinski definition) is 2. The Bertz CT molecular complexity index is 378. The Hall–Kier alpha value is -1.38. The van der Waals surface area contributed by atoms with Gasteiger partial charge in [-0.1, -0.05) is 26.8 Å². The molecule has 3 heteroatoms. The van der Waals surface area contributed by atoms with E-state index in [2.05, 4.69) is 10.3 Å². The lowest BCUT2D eigenvalue weighted by Crippen LogP contribution is -2.28. The molecule has 0 saturated heterocycles. The molecule has 1 amide bonds. The summed E-state index contributed by atoms with van der Waals surface area (Å²) in [5, 5.41) is 2.83. The van der Waals surface area contributed by atoms with Gasteiger partial charge < -0.3 is 5.32 Å². The second-order valence-corrected chi connectivity index (χ2v) is 4.88. The summed E-state index contributed by atoms with van der Waals surface area (Å²) in [5.41, 5.74) is 1.70. The van der Waals surface area contributed by atoms with Crippen LogP contribution in [0.25, 0.3) is 0 Å². The number of pyridine rings is 1. The number of nitrogens with one attached hydrogen (secondary N) is 1. The average molecular weight is 206 g/mol. The Morgan fingerprint density at radius 1 is 1.33 bits per heavy atom. The van der Waals surface area contributed by atoms with Gasteiger partial charge in [0.25, 0.3) is 0 Å². The third-order valence-corrected chi connectivity index (χ3v) is 2.13.